The topological polar surface area (TPSA) is 23.5 Å². The highest BCUT2D eigenvalue weighted by Gasteiger charge is 2.50. The van der Waals surface area contributed by atoms with Gasteiger partial charge in [0.2, 0.25) is 0 Å². The maximum atomic E-state index is 9.26. The third kappa shape index (κ3) is 1.12. The van der Waals surface area contributed by atoms with E-state index in [4.69, 9.17) is 0 Å². The molecule has 1 saturated heterocycles. The summed E-state index contributed by atoms with van der Waals surface area (Å²) < 4.78 is 0. The van der Waals surface area contributed by atoms with Gasteiger partial charge in [0.25, 0.3) is 0 Å². The summed E-state index contributed by atoms with van der Waals surface area (Å²) >= 11 is 0. The van der Waals surface area contributed by atoms with Gasteiger partial charge in [-0.1, -0.05) is 11.6 Å². The molecule has 1 N–H and O–H groups in total. The Labute approximate surface area is 74.4 Å². The average Bonchev–Trinajstić information content (AvgIpc) is 1.81. The second kappa shape index (κ2) is 2.61. The van der Waals surface area contributed by atoms with Crippen LogP contribution in [0.5, 0.6) is 0 Å². The Hall–Kier alpha value is -0.275. The van der Waals surface area contributed by atoms with Crippen LogP contribution in [0, 0.1) is 5.41 Å². The van der Waals surface area contributed by atoms with Crippen molar-refractivity contribution in [1.29, 1.82) is 0 Å². The van der Waals surface area contributed by atoms with Crippen molar-refractivity contribution in [3.63, 3.8) is 0 Å². The summed E-state index contributed by atoms with van der Waals surface area (Å²) in [5, 5.41) is 9.26. The molecule has 1 heterocycles. The maximum absolute atomic E-state index is 9.26. The Kier molecular flexibility index (Phi) is 1.81. The smallest absolute Gasteiger partial charge is 0.376 e. The van der Waals surface area contributed by atoms with Crippen LogP contribution < -0.4 is 0 Å². The lowest BCUT2D eigenvalue weighted by atomic mass is 9.57. The number of nitrogens with zero attached hydrogens (tertiary/aromatic N) is 1. The fraction of sp³-hybridized carbons (Fsp3) is 0.778. The first kappa shape index (κ1) is 8.33. The van der Waals surface area contributed by atoms with Crippen LogP contribution in [-0.2, 0) is 0 Å². The highest BCUT2D eigenvalue weighted by atomic mass is 16.2. The van der Waals surface area contributed by atoms with Crippen molar-refractivity contribution in [1.82, 2.24) is 4.81 Å². The van der Waals surface area contributed by atoms with Crippen molar-refractivity contribution in [2.45, 2.75) is 26.6 Å². The van der Waals surface area contributed by atoms with Gasteiger partial charge in [-0.2, -0.15) is 0 Å². The van der Waals surface area contributed by atoms with E-state index in [-0.39, 0.29) is 7.05 Å². The minimum atomic E-state index is -0.245. The Morgan fingerprint density at radius 1 is 1.50 bits per heavy atom. The number of hydrogen-bond donors (Lipinski definition) is 1. The van der Waals surface area contributed by atoms with Crippen molar-refractivity contribution < 1.29 is 5.02 Å². The van der Waals surface area contributed by atoms with Gasteiger partial charge in [-0.25, -0.2) is 0 Å². The summed E-state index contributed by atoms with van der Waals surface area (Å²) in [5.74, 6) is 0. The molecule has 1 aliphatic heterocycles. The second-order valence-corrected chi connectivity index (χ2v) is 4.34. The molecule has 0 bridgehead atoms. The van der Waals surface area contributed by atoms with E-state index in [1.807, 2.05) is 6.82 Å². The molecule has 0 aromatic carbocycles. The summed E-state index contributed by atoms with van der Waals surface area (Å²) in [6.45, 7) is 6.17. The minimum Gasteiger partial charge on any atom is -0.437 e. The molecule has 0 radical (unpaired) electrons. The molecule has 0 aromatic rings. The van der Waals surface area contributed by atoms with Crippen molar-refractivity contribution >= 4 is 7.05 Å². The van der Waals surface area contributed by atoms with Crippen LogP contribution in [0.25, 0.3) is 0 Å². The van der Waals surface area contributed by atoms with E-state index >= 15 is 0 Å². The van der Waals surface area contributed by atoms with Gasteiger partial charge in [0.05, 0.1) is 0 Å². The minimum absolute atomic E-state index is 0.245. The van der Waals surface area contributed by atoms with E-state index in [1.54, 1.807) is 5.57 Å². The van der Waals surface area contributed by atoms with Gasteiger partial charge in [-0.15, -0.1) is 0 Å². The second-order valence-electron chi connectivity index (χ2n) is 4.34. The summed E-state index contributed by atoms with van der Waals surface area (Å²) in [7, 11) is -0.245. The third-order valence-electron chi connectivity index (χ3n) is 3.22. The van der Waals surface area contributed by atoms with E-state index in [9.17, 15) is 5.02 Å². The predicted molar refractivity (Wildman–Crippen MR) is 50.8 cm³/mol. The lowest BCUT2D eigenvalue weighted by Crippen LogP contribution is -2.64. The molecule has 12 heavy (non-hydrogen) atoms. The molecular weight excluding hydrogens is 149 g/mol. The highest BCUT2D eigenvalue weighted by molar-refractivity contribution is 6.45. The average molecular weight is 165 g/mol. The van der Waals surface area contributed by atoms with Crippen molar-refractivity contribution in [3.05, 3.63) is 11.6 Å². The van der Waals surface area contributed by atoms with Crippen LogP contribution in [0.15, 0.2) is 11.6 Å². The van der Waals surface area contributed by atoms with Crippen LogP contribution in [0.3, 0.4) is 0 Å². The number of allylic oxidation sites excluding steroid dienone is 2. The zero-order chi connectivity index (χ0) is 8.77. The van der Waals surface area contributed by atoms with Crippen molar-refractivity contribution in [3.8, 4) is 0 Å². The molecule has 2 rings (SSSR count). The van der Waals surface area contributed by atoms with Gasteiger partial charge >= 0.3 is 7.05 Å². The normalized spacial score (nSPS) is 26.4. The monoisotopic (exact) mass is 165 g/mol. The molecule has 2 fully saturated rings. The number of rotatable bonds is 1. The molecule has 0 atom stereocenters. The molecule has 1 saturated carbocycles. The molecule has 2 aliphatic rings. The van der Waals surface area contributed by atoms with Crippen LogP contribution in [0.1, 0.15) is 19.8 Å². The standard InChI is InChI=1S/C9H16BNO/c1-3-8-4-9(5-8)6-11(7-9)10(2)12/h3,12H,4-7H2,1-2H3. The Morgan fingerprint density at radius 2 is 2.08 bits per heavy atom. The van der Waals surface area contributed by atoms with Gasteiger partial charge in [0, 0.05) is 5.41 Å². The fourth-order valence-electron chi connectivity index (χ4n) is 2.42. The van der Waals surface area contributed by atoms with Gasteiger partial charge in [0.15, 0.2) is 0 Å². The lowest BCUT2D eigenvalue weighted by Gasteiger charge is -2.57. The van der Waals surface area contributed by atoms with Gasteiger partial charge in [-0.3, -0.25) is 0 Å². The molecular formula is C9H16BNO. The highest BCUT2D eigenvalue weighted by Crippen LogP contribution is 2.51. The van der Waals surface area contributed by atoms with E-state index < -0.39 is 0 Å². The SMILES string of the molecule is CC=C1CC2(C1)CN(B(C)O)C2. The summed E-state index contributed by atoms with van der Waals surface area (Å²) in [6, 6.07) is 0. The first-order valence-corrected chi connectivity index (χ1v) is 4.71. The summed E-state index contributed by atoms with van der Waals surface area (Å²) in [4.78, 5) is 2.13. The summed E-state index contributed by atoms with van der Waals surface area (Å²) in [6.07, 6.45) is 4.77. The molecule has 0 amide bonds. The van der Waals surface area contributed by atoms with Crippen LogP contribution in [-0.4, -0.2) is 30.0 Å². The van der Waals surface area contributed by atoms with Crippen LogP contribution >= 0.6 is 0 Å². The third-order valence-corrected chi connectivity index (χ3v) is 3.22. The fourth-order valence-corrected chi connectivity index (χ4v) is 2.42. The molecule has 66 valence electrons. The van der Waals surface area contributed by atoms with E-state index in [2.05, 4.69) is 17.8 Å². The first-order chi connectivity index (χ1) is 5.65. The van der Waals surface area contributed by atoms with E-state index in [0.717, 1.165) is 13.1 Å². The Morgan fingerprint density at radius 3 is 2.50 bits per heavy atom. The maximum Gasteiger partial charge on any atom is 0.376 e. The zero-order valence-corrected chi connectivity index (χ0v) is 7.88. The predicted octanol–water partition coefficient (Wildman–Crippen LogP) is 1.14. The van der Waals surface area contributed by atoms with Crippen LogP contribution in [0.2, 0.25) is 6.82 Å². The van der Waals surface area contributed by atoms with Gasteiger partial charge < -0.3 is 9.83 Å². The first-order valence-electron chi connectivity index (χ1n) is 4.71. The summed E-state index contributed by atoms with van der Waals surface area (Å²) in [5.41, 5.74) is 2.17. The largest absolute Gasteiger partial charge is 0.437 e. The van der Waals surface area contributed by atoms with E-state index in [0.29, 0.717) is 5.41 Å². The zero-order valence-electron chi connectivity index (χ0n) is 7.88. The molecule has 0 aromatic heterocycles. The lowest BCUT2D eigenvalue weighted by molar-refractivity contribution is 0.0170. The molecule has 0 unspecified atom stereocenters. The van der Waals surface area contributed by atoms with E-state index in [1.165, 1.54) is 12.8 Å². The molecule has 3 heteroatoms. The number of hydrogen-bond acceptors (Lipinski definition) is 2. The van der Waals surface area contributed by atoms with Crippen molar-refractivity contribution in [2.24, 2.45) is 5.41 Å². The Bertz CT molecular complexity index is 209. The molecule has 2 nitrogen and oxygen atoms in total. The quantitative estimate of drug-likeness (QED) is 0.465. The van der Waals surface area contributed by atoms with Crippen LogP contribution in [0.4, 0.5) is 0 Å². The van der Waals surface area contributed by atoms with Gasteiger partial charge in [0.1, 0.15) is 0 Å². The molecule has 1 spiro atoms. The Balaban J connectivity index is 1.83. The van der Waals surface area contributed by atoms with Gasteiger partial charge in [-0.05, 0) is 39.7 Å². The molecule has 1 aliphatic carbocycles. The van der Waals surface area contributed by atoms with Crippen molar-refractivity contribution in [2.75, 3.05) is 13.1 Å².